The smallest absolute Gasteiger partial charge is 0.290 e. The molecule has 1 amide bonds. The Balaban J connectivity index is 1.65. The number of rotatable bonds is 12. The van der Waals surface area contributed by atoms with Crippen molar-refractivity contribution in [3.63, 3.8) is 0 Å². The van der Waals surface area contributed by atoms with Crippen LogP contribution in [0.4, 0.5) is 0 Å². The van der Waals surface area contributed by atoms with Gasteiger partial charge in [0.1, 0.15) is 5.58 Å². The van der Waals surface area contributed by atoms with Crippen LogP contribution in [0.3, 0.4) is 0 Å². The molecule has 0 bridgehead atoms. The number of para-hydroxylation sites is 1. The summed E-state index contributed by atoms with van der Waals surface area (Å²) in [7, 11) is 0. The van der Waals surface area contributed by atoms with E-state index < -0.39 is 6.04 Å². The topological polar surface area (TPSA) is 53.8 Å². The van der Waals surface area contributed by atoms with Crippen molar-refractivity contribution in [1.82, 2.24) is 9.80 Å². The van der Waals surface area contributed by atoms with Gasteiger partial charge in [0.05, 0.1) is 17.0 Å². The lowest BCUT2D eigenvalue weighted by Crippen LogP contribution is -2.34. The normalized spacial score (nSPS) is 15.4. The Morgan fingerprint density at radius 3 is 2.17 bits per heavy atom. The summed E-state index contributed by atoms with van der Waals surface area (Å²) in [5.74, 6) is 0.0215. The molecule has 0 fully saturated rings. The number of fused-ring (bicyclic) bond motifs is 2. The molecule has 186 valence electrons. The van der Waals surface area contributed by atoms with Crippen molar-refractivity contribution >= 4 is 16.9 Å². The van der Waals surface area contributed by atoms with Crippen LogP contribution >= 0.6 is 0 Å². The number of carbonyl (C=O) groups excluding carboxylic acids is 1. The van der Waals surface area contributed by atoms with Gasteiger partial charge in [-0.2, -0.15) is 0 Å². The molecule has 4 rings (SSSR count). The van der Waals surface area contributed by atoms with Crippen molar-refractivity contribution in [3.05, 3.63) is 81.2 Å². The Morgan fingerprint density at radius 2 is 1.51 bits per heavy atom. The molecule has 0 radical (unpaired) electrons. The maximum atomic E-state index is 13.6. The first kappa shape index (κ1) is 25.2. The summed E-state index contributed by atoms with van der Waals surface area (Å²) < 4.78 is 6.06. The number of amides is 1. The first-order valence-electron chi connectivity index (χ1n) is 13.3. The molecular formula is C30H38N2O3. The molecule has 0 saturated carbocycles. The molecule has 1 aromatic heterocycles. The zero-order valence-corrected chi connectivity index (χ0v) is 21.4. The Labute approximate surface area is 208 Å². The van der Waals surface area contributed by atoms with E-state index in [0.29, 0.717) is 23.1 Å². The number of hydrogen-bond donors (Lipinski definition) is 0. The molecule has 1 unspecified atom stereocenters. The van der Waals surface area contributed by atoms with Gasteiger partial charge in [-0.25, -0.2) is 0 Å². The van der Waals surface area contributed by atoms with E-state index in [1.807, 2.05) is 17.0 Å². The molecule has 35 heavy (non-hydrogen) atoms. The summed E-state index contributed by atoms with van der Waals surface area (Å²) in [5, 5.41) is 0.529. The fourth-order valence-corrected chi connectivity index (χ4v) is 5.04. The van der Waals surface area contributed by atoms with Crippen LogP contribution in [-0.4, -0.2) is 41.9 Å². The number of carbonyl (C=O) groups is 1. The molecule has 0 saturated heterocycles. The minimum Gasteiger partial charge on any atom is -0.450 e. The van der Waals surface area contributed by atoms with Crippen molar-refractivity contribution < 1.29 is 9.21 Å². The molecule has 1 aliphatic heterocycles. The second-order valence-electron chi connectivity index (χ2n) is 9.57. The maximum absolute atomic E-state index is 13.6. The summed E-state index contributed by atoms with van der Waals surface area (Å²) in [6.45, 7) is 10.3. The van der Waals surface area contributed by atoms with E-state index in [4.69, 9.17) is 4.42 Å². The van der Waals surface area contributed by atoms with Crippen LogP contribution in [0, 0.1) is 0 Å². The first-order valence-corrected chi connectivity index (χ1v) is 13.3. The average Bonchev–Trinajstić information content (AvgIpc) is 3.17. The van der Waals surface area contributed by atoms with E-state index in [-0.39, 0.29) is 17.1 Å². The summed E-state index contributed by atoms with van der Waals surface area (Å²) in [6.07, 6.45) is 6.55. The molecule has 5 heteroatoms. The second kappa shape index (κ2) is 11.7. The molecule has 0 N–H and O–H groups in total. The third-order valence-electron chi connectivity index (χ3n) is 7.11. The summed E-state index contributed by atoms with van der Waals surface area (Å²) in [5.41, 5.74) is 3.04. The maximum Gasteiger partial charge on any atom is 0.290 e. The van der Waals surface area contributed by atoms with Gasteiger partial charge >= 0.3 is 0 Å². The van der Waals surface area contributed by atoms with Crippen molar-refractivity contribution in [2.45, 2.75) is 65.3 Å². The fraction of sp³-hybridized carbons (Fsp3) is 0.467. The Kier molecular flexibility index (Phi) is 8.40. The highest BCUT2D eigenvalue weighted by atomic mass is 16.3. The zero-order valence-electron chi connectivity index (χ0n) is 21.4. The number of benzene rings is 2. The van der Waals surface area contributed by atoms with Crippen LogP contribution < -0.4 is 5.43 Å². The molecule has 1 atom stereocenters. The third kappa shape index (κ3) is 5.35. The largest absolute Gasteiger partial charge is 0.450 e. The highest BCUT2D eigenvalue weighted by molar-refractivity contribution is 5.99. The van der Waals surface area contributed by atoms with Gasteiger partial charge in [0.2, 0.25) is 5.76 Å². The fourth-order valence-electron chi connectivity index (χ4n) is 5.04. The Hall–Kier alpha value is -2.92. The van der Waals surface area contributed by atoms with Gasteiger partial charge in [-0.05, 0) is 68.6 Å². The summed E-state index contributed by atoms with van der Waals surface area (Å²) in [4.78, 5) is 31.6. The van der Waals surface area contributed by atoms with Gasteiger partial charge in [0.15, 0.2) is 5.43 Å². The van der Waals surface area contributed by atoms with Gasteiger partial charge in [0.25, 0.3) is 5.91 Å². The third-order valence-corrected chi connectivity index (χ3v) is 7.11. The van der Waals surface area contributed by atoms with Gasteiger partial charge in [-0.3, -0.25) is 9.59 Å². The molecule has 3 aromatic rings. The quantitative estimate of drug-likeness (QED) is 0.314. The predicted octanol–water partition coefficient (Wildman–Crippen LogP) is 6.19. The van der Waals surface area contributed by atoms with Crippen LogP contribution in [0.25, 0.3) is 11.0 Å². The van der Waals surface area contributed by atoms with E-state index in [2.05, 4.69) is 49.9 Å². The number of aryl methyl sites for hydroxylation is 1. The van der Waals surface area contributed by atoms with E-state index in [1.165, 1.54) is 31.2 Å². The number of hydrogen-bond acceptors (Lipinski definition) is 4. The predicted molar refractivity (Wildman–Crippen MR) is 142 cm³/mol. The van der Waals surface area contributed by atoms with Crippen LogP contribution in [0.1, 0.15) is 86.2 Å². The number of unbranched alkanes of at least 4 members (excludes halogenated alkanes) is 2. The average molecular weight is 475 g/mol. The molecule has 5 nitrogen and oxygen atoms in total. The first-order chi connectivity index (χ1) is 17.1. The van der Waals surface area contributed by atoms with E-state index in [9.17, 15) is 9.59 Å². The molecule has 0 spiro atoms. The molecular weight excluding hydrogens is 436 g/mol. The van der Waals surface area contributed by atoms with Gasteiger partial charge in [-0.1, -0.05) is 70.0 Å². The van der Waals surface area contributed by atoms with Crippen molar-refractivity contribution in [2.24, 2.45) is 0 Å². The SMILES string of the molecule is CCCCN(CCCC)CCCN1C(=O)c2oc3ccccc3c(=O)c2C1c1ccc(CC)cc1. The minimum absolute atomic E-state index is 0.102. The minimum atomic E-state index is -0.413. The highest BCUT2D eigenvalue weighted by Gasteiger charge is 2.42. The monoisotopic (exact) mass is 474 g/mol. The second-order valence-corrected chi connectivity index (χ2v) is 9.57. The molecule has 2 heterocycles. The van der Waals surface area contributed by atoms with Crippen LogP contribution in [0.15, 0.2) is 57.7 Å². The lowest BCUT2D eigenvalue weighted by molar-refractivity contribution is 0.0719. The molecule has 2 aromatic carbocycles. The van der Waals surface area contributed by atoms with Gasteiger partial charge in [-0.15, -0.1) is 0 Å². The Morgan fingerprint density at radius 1 is 0.857 bits per heavy atom. The van der Waals surface area contributed by atoms with E-state index in [1.54, 1.807) is 12.1 Å². The summed E-state index contributed by atoms with van der Waals surface area (Å²) in [6, 6.07) is 15.1. The zero-order chi connectivity index (χ0) is 24.8. The molecule has 1 aliphatic rings. The lowest BCUT2D eigenvalue weighted by atomic mass is 9.97. The van der Waals surface area contributed by atoms with E-state index >= 15 is 0 Å². The van der Waals surface area contributed by atoms with Crippen LogP contribution in [-0.2, 0) is 6.42 Å². The Bertz CT molecular complexity index is 1190. The van der Waals surface area contributed by atoms with Crippen LogP contribution in [0.2, 0.25) is 0 Å². The van der Waals surface area contributed by atoms with E-state index in [0.717, 1.165) is 38.0 Å². The lowest BCUT2D eigenvalue weighted by Gasteiger charge is -2.27. The van der Waals surface area contributed by atoms with Crippen molar-refractivity contribution in [2.75, 3.05) is 26.2 Å². The van der Waals surface area contributed by atoms with Gasteiger partial charge < -0.3 is 14.2 Å². The van der Waals surface area contributed by atoms with Crippen LogP contribution in [0.5, 0.6) is 0 Å². The van der Waals surface area contributed by atoms with Gasteiger partial charge in [0, 0.05) is 6.54 Å². The highest BCUT2D eigenvalue weighted by Crippen LogP contribution is 2.38. The number of nitrogens with zero attached hydrogens (tertiary/aromatic N) is 2. The van der Waals surface area contributed by atoms with Crippen molar-refractivity contribution in [3.8, 4) is 0 Å². The standard InChI is InChI=1S/C30H38N2O3/c1-4-7-18-31(19-8-5-2)20-11-21-32-27(23-16-14-22(6-3)15-17-23)26-28(33)24-12-9-10-13-25(24)35-29(26)30(32)34/h9-10,12-17,27H,4-8,11,18-21H2,1-3H3. The summed E-state index contributed by atoms with van der Waals surface area (Å²) >= 11 is 0. The van der Waals surface area contributed by atoms with Crippen molar-refractivity contribution in [1.29, 1.82) is 0 Å². The molecule has 0 aliphatic carbocycles.